The van der Waals surface area contributed by atoms with E-state index in [-0.39, 0.29) is 0 Å². The molecule has 3 aliphatic rings. The number of ether oxygens (including phenoxy) is 1. The maximum Gasteiger partial charge on any atom is 0.118 e. The number of methoxy groups -OCH3 is 1. The Morgan fingerprint density at radius 2 is 1.85 bits per heavy atom. The van der Waals surface area contributed by atoms with E-state index in [4.69, 9.17) is 10.00 Å². The van der Waals surface area contributed by atoms with Gasteiger partial charge < -0.3 is 4.74 Å². The minimum absolute atomic E-state index is 0.604. The Balaban J connectivity index is 1.42. The van der Waals surface area contributed by atoms with Crippen molar-refractivity contribution < 1.29 is 4.74 Å². The maximum absolute atomic E-state index is 9.15. The molecule has 2 aromatic rings. The molecule has 0 spiro atoms. The molecule has 2 atom stereocenters. The third-order valence-corrected chi connectivity index (χ3v) is 5.91. The van der Waals surface area contributed by atoms with Crippen LogP contribution in [0.3, 0.4) is 0 Å². The van der Waals surface area contributed by atoms with Gasteiger partial charge in [-0.25, -0.2) is 0 Å². The molecule has 0 unspecified atom stereocenters. The molecule has 3 aliphatic heterocycles. The lowest BCUT2D eigenvalue weighted by Gasteiger charge is -2.36. The third kappa shape index (κ3) is 4.32. The van der Waals surface area contributed by atoms with E-state index in [0.29, 0.717) is 6.04 Å². The predicted molar refractivity (Wildman–Crippen MR) is 106 cm³/mol. The quantitative estimate of drug-likeness (QED) is 0.815. The minimum Gasteiger partial charge on any atom is -0.497 e. The van der Waals surface area contributed by atoms with Gasteiger partial charge in [-0.3, -0.25) is 9.80 Å². The summed E-state index contributed by atoms with van der Waals surface area (Å²) in [5, 5.41) is 9.15. The van der Waals surface area contributed by atoms with Crippen molar-refractivity contribution in [1.82, 2.24) is 9.80 Å². The van der Waals surface area contributed by atoms with Crippen molar-refractivity contribution >= 4 is 0 Å². The second-order valence-electron chi connectivity index (χ2n) is 7.88. The second-order valence-corrected chi connectivity index (χ2v) is 7.88. The lowest BCUT2D eigenvalue weighted by atomic mass is 9.94. The van der Waals surface area contributed by atoms with E-state index in [9.17, 15) is 0 Å². The van der Waals surface area contributed by atoms with Crippen LogP contribution < -0.4 is 4.74 Å². The number of nitrogens with zero attached hydrogens (tertiary/aromatic N) is 3. The molecule has 27 heavy (non-hydrogen) atoms. The molecule has 4 heteroatoms. The number of benzene rings is 2. The maximum atomic E-state index is 9.15. The summed E-state index contributed by atoms with van der Waals surface area (Å²) in [5.41, 5.74) is 3.36. The van der Waals surface area contributed by atoms with Crippen LogP contribution in [0.25, 0.3) is 0 Å². The molecule has 0 radical (unpaired) electrons. The zero-order valence-corrected chi connectivity index (χ0v) is 16.0. The summed E-state index contributed by atoms with van der Waals surface area (Å²) >= 11 is 0. The molecule has 0 aromatic heterocycles. The predicted octanol–water partition coefficient (Wildman–Crippen LogP) is 3.66. The average Bonchev–Trinajstić information content (AvgIpc) is 2.99. The molecular weight excluding hydrogens is 334 g/mol. The average molecular weight is 361 g/mol. The molecule has 3 fully saturated rings. The van der Waals surface area contributed by atoms with Crippen molar-refractivity contribution in [2.75, 3.05) is 26.7 Å². The van der Waals surface area contributed by atoms with Crippen molar-refractivity contribution in [2.45, 2.75) is 32.0 Å². The highest BCUT2D eigenvalue weighted by molar-refractivity contribution is 5.32. The molecule has 0 saturated carbocycles. The highest BCUT2D eigenvalue weighted by Gasteiger charge is 2.34. The summed E-state index contributed by atoms with van der Waals surface area (Å²) in [5.74, 6) is 1.65. The van der Waals surface area contributed by atoms with E-state index in [2.05, 4.69) is 46.2 Å². The van der Waals surface area contributed by atoms with E-state index in [1.807, 2.05) is 18.2 Å². The summed E-state index contributed by atoms with van der Waals surface area (Å²) in [7, 11) is 1.71. The lowest BCUT2D eigenvalue weighted by Crippen LogP contribution is -2.43. The van der Waals surface area contributed by atoms with Crippen molar-refractivity contribution in [3.05, 3.63) is 65.2 Å². The van der Waals surface area contributed by atoms with Crippen LogP contribution >= 0.6 is 0 Å². The van der Waals surface area contributed by atoms with Gasteiger partial charge in [0.15, 0.2) is 0 Å². The summed E-state index contributed by atoms with van der Waals surface area (Å²) in [4.78, 5) is 5.26. The molecule has 0 amide bonds. The summed E-state index contributed by atoms with van der Waals surface area (Å²) in [6.45, 7) is 5.43. The molecule has 2 aromatic carbocycles. The fraction of sp³-hybridized carbons (Fsp3) is 0.435. The van der Waals surface area contributed by atoms with Crippen LogP contribution in [0.15, 0.2) is 48.5 Å². The van der Waals surface area contributed by atoms with Crippen molar-refractivity contribution in [3.8, 4) is 11.8 Å². The molecule has 3 saturated heterocycles. The van der Waals surface area contributed by atoms with E-state index in [0.717, 1.165) is 36.9 Å². The normalized spacial score (nSPS) is 23.0. The number of hydrogen-bond acceptors (Lipinski definition) is 4. The van der Waals surface area contributed by atoms with Crippen molar-refractivity contribution in [3.63, 3.8) is 0 Å². The second kappa shape index (κ2) is 8.12. The first-order valence-corrected chi connectivity index (χ1v) is 9.82. The fourth-order valence-electron chi connectivity index (χ4n) is 4.56. The van der Waals surface area contributed by atoms with Crippen LogP contribution in [0, 0.1) is 17.2 Å². The Morgan fingerprint density at radius 3 is 2.63 bits per heavy atom. The van der Waals surface area contributed by atoms with Gasteiger partial charge in [-0.1, -0.05) is 24.3 Å². The number of piperidine rings is 1. The number of fused-ring (bicyclic) bond motifs is 4. The zero-order chi connectivity index (χ0) is 18.6. The summed E-state index contributed by atoms with van der Waals surface area (Å²) in [6, 6.07) is 19.4. The Bertz CT molecular complexity index is 811. The molecule has 2 bridgehead atoms. The van der Waals surface area contributed by atoms with E-state index < -0.39 is 0 Å². The van der Waals surface area contributed by atoms with Gasteiger partial charge in [0.25, 0.3) is 0 Å². The minimum atomic E-state index is 0.604. The summed E-state index contributed by atoms with van der Waals surface area (Å²) < 4.78 is 5.27. The number of rotatable bonds is 5. The molecule has 0 aliphatic carbocycles. The van der Waals surface area contributed by atoms with E-state index in [1.54, 1.807) is 7.11 Å². The first kappa shape index (κ1) is 18.0. The topological polar surface area (TPSA) is 39.5 Å². The molecular formula is C23H27N3O. The van der Waals surface area contributed by atoms with Gasteiger partial charge in [0, 0.05) is 38.8 Å². The van der Waals surface area contributed by atoms with Crippen LogP contribution in [-0.2, 0) is 13.1 Å². The van der Waals surface area contributed by atoms with E-state index in [1.165, 1.54) is 37.1 Å². The molecule has 140 valence electrons. The van der Waals surface area contributed by atoms with Crippen molar-refractivity contribution in [1.29, 1.82) is 5.26 Å². The van der Waals surface area contributed by atoms with Gasteiger partial charge in [0.1, 0.15) is 5.75 Å². The zero-order valence-electron chi connectivity index (χ0n) is 16.0. The Morgan fingerprint density at radius 1 is 1.00 bits per heavy atom. The highest BCUT2D eigenvalue weighted by atomic mass is 16.5. The van der Waals surface area contributed by atoms with Gasteiger partial charge in [-0.05, 0) is 54.2 Å². The highest BCUT2D eigenvalue weighted by Crippen LogP contribution is 2.30. The lowest BCUT2D eigenvalue weighted by molar-refractivity contribution is 0.123. The smallest absolute Gasteiger partial charge is 0.118 e. The number of nitriles is 1. The van der Waals surface area contributed by atoms with Gasteiger partial charge in [-0.2, -0.15) is 5.26 Å². The Hall–Kier alpha value is -2.35. The third-order valence-electron chi connectivity index (χ3n) is 5.91. The van der Waals surface area contributed by atoms with Crippen LogP contribution in [0.5, 0.6) is 5.75 Å². The van der Waals surface area contributed by atoms with Crippen LogP contribution in [-0.4, -0.2) is 42.6 Å². The van der Waals surface area contributed by atoms with Crippen molar-refractivity contribution in [2.24, 2.45) is 5.92 Å². The molecule has 0 N–H and O–H groups in total. The SMILES string of the molecule is COc1ccc(CN2C[C@H]3CC[C@@H](C2)N(Cc2cccc(C#N)c2)C3)cc1. The van der Waals surface area contributed by atoms with Gasteiger partial charge in [0.05, 0.1) is 18.7 Å². The Labute approximate surface area is 162 Å². The Kier molecular flexibility index (Phi) is 5.42. The standard InChI is InChI=1S/C23H27N3O/c1-27-23-9-6-18(7-10-23)13-25-14-21-5-8-22(17-25)26(16-21)15-20-4-2-3-19(11-20)12-24/h2-4,6-7,9-11,21-22H,5,8,13-17H2,1H3/t21-,22+/m1/s1. The van der Waals surface area contributed by atoms with Gasteiger partial charge >= 0.3 is 0 Å². The summed E-state index contributed by atoms with van der Waals surface area (Å²) in [6.07, 6.45) is 2.61. The molecule has 5 rings (SSSR count). The molecule has 4 nitrogen and oxygen atoms in total. The molecule has 3 heterocycles. The van der Waals surface area contributed by atoms with Crippen LogP contribution in [0.4, 0.5) is 0 Å². The van der Waals surface area contributed by atoms with Crippen LogP contribution in [0.2, 0.25) is 0 Å². The fourth-order valence-corrected chi connectivity index (χ4v) is 4.56. The van der Waals surface area contributed by atoms with Gasteiger partial charge in [-0.15, -0.1) is 0 Å². The number of hydrogen-bond donors (Lipinski definition) is 0. The monoisotopic (exact) mass is 361 g/mol. The van der Waals surface area contributed by atoms with E-state index >= 15 is 0 Å². The largest absolute Gasteiger partial charge is 0.497 e. The first-order valence-electron chi connectivity index (χ1n) is 9.82. The first-order chi connectivity index (χ1) is 13.2. The van der Waals surface area contributed by atoms with Gasteiger partial charge in [0.2, 0.25) is 0 Å². The van der Waals surface area contributed by atoms with Crippen LogP contribution in [0.1, 0.15) is 29.5 Å².